The molecule has 1 aromatic heterocycles. The molecular formula is C11H7Cl2IN2O. The second-order valence-corrected chi connectivity index (χ2v) is 5.41. The molecular weight excluding hydrogens is 374 g/mol. The van der Waals surface area contributed by atoms with E-state index < -0.39 is 0 Å². The van der Waals surface area contributed by atoms with Gasteiger partial charge >= 0.3 is 0 Å². The summed E-state index contributed by atoms with van der Waals surface area (Å²) in [5.41, 5.74) is 0.614. The van der Waals surface area contributed by atoms with Crippen LogP contribution in [0.3, 0.4) is 0 Å². The summed E-state index contributed by atoms with van der Waals surface area (Å²) in [5, 5.41) is 4.97. The normalized spacial score (nSPS) is 10.5. The number of rotatable bonds is 2. The van der Waals surface area contributed by atoms with Gasteiger partial charge in [0.2, 0.25) is 0 Å². The van der Waals surface area contributed by atoms with Crippen molar-refractivity contribution in [3.05, 3.63) is 60.0 Å². The molecule has 2 rings (SSSR count). The number of hydrogen-bond acceptors (Lipinski definition) is 2. The van der Waals surface area contributed by atoms with Gasteiger partial charge in [-0.3, -0.25) is 4.79 Å². The van der Waals surface area contributed by atoms with Crippen LogP contribution in [-0.4, -0.2) is 9.78 Å². The smallest absolute Gasteiger partial charge is 0.268 e. The molecule has 6 heteroatoms. The lowest BCUT2D eigenvalue weighted by molar-refractivity contribution is 0.637. The van der Waals surface area contributed by atoms with Crippen molar-refractivity contribution in [3.63, 3.8) is 0 Å². The maximum Gasteiger partial charge on any atom is 0.268 e. The Kier molecular flexibility index (Phi) is 4.06. The molecule has 0 N–H and O–H groups in total. The molecule has 0 radical (unpaired) electrons. The third-order valence-electron chi connectivity index (χ3n) is 2.19. The van der Waals surface area contributed by atoms with Crippen LogP contribution >= 0.6 is 45.8 Å². The molecule has 0 bridgehead atoms. The van der Waals surface area contributed by atoms with Crippen LogP contribution in [0.5, 0.6) is 0 Å². The van der Waals surface area contributed by atoms with Gasteiger partial charge in [0.25, 0.3) is 5.56 Å². The summed E-state index contributed by atoms with van der Waals surface area (Å²) < 4.78 is 2.15. The van der Waals surface area contributed by atoms with Crippen LogP contribution in [0.25, 0.3) is 0 Å². The number of benzene rings is 1. The third kappa shape index (κ3) is 3.00. The first kappa shape index (κ1) is 12.9. The first-order valence-electron chi connectivity index (χ1n) is 4.73. The highest BCUT2D eigenvalue weighted by Crippen LogP contribution is 2.25. The quantitative estimate of drug-likeness (QED) is 0.750. The largest absolute Gasteiger partial charge is 0.268 e. The summed E-state index contributed by atoms with van der Waals surface area (Å²) in [7, 11) is 0. The number of halogens is 3. The van der Waals surface area contributed by atoms with Crippen LogP contribution in [-0.2, 0) is 6.54 Å². The molecule has 0 atom stereocenters. The second kappa shape index (κ2) is 5.37. The van der Waals surface area contributed by atoms with Gasteiger partial charge in [0.05, 0.1) is 22.8 Å². The van der Waals surface area contributed by atoms with Crippen molar-refractivity contribution in [3.8, 4) is 0 Å². The molecule has 17 heavy (non-hydrogen) atoms. The molecule has 0 saturated heterocycles. The zero-order chi connectivity index (χ0) is 12.4. The lowest BCUT2D eigenvalue weighted by Gasteiger charge is -2.07. The van der Waals surface area contributed by atoms with Crippen LogP contribution in [0.2, 0.25) is 10.0 Å². The summed E-state index contributed by atoms with van der Waals surface area (Å²) in [6.45, 7) is 0.315. The van der Waals surface area contributed by atoms with Crippen LogP contribution in [0.4, 0.5) is 0 Å². The molecule has 0 fully saturated rings. The first-order valence-corrected chi connectivity index (χ1v) is 6.57. The van der Waals surface area contributed by atoms with Crippen molar-refractivity contribution < 1.29 is 0 Å². The van der Waals surface area contributed by atoms with E-state index in [2.05, 4.69) is 5.10 Å². The molecule has 0 amide bonds. The first-order chi connectivity index (χ1) is 8.08. The SMILES string of the molecule is O=c1cc(I)cnn1Cc1cccc(Cl)c1Cl. The maximum absolute atomic E-state index is 11.7. The zero-order valence-electron chi connectivity index (χ0n) is 8.53. The van der Waals surface area contributed by atoms with E-state index in [0.29, 0.717) is 16.6 Å². The van der Waals surface area contributed by atoms with E-state index in [9.17, 15) is 4.79 Å². The van der Waals surface area contributed by atoms with Gasteiger partial charge in [0.1, 0.15) is 0 Å². The highest BCUT2D eigenvalue weighted by Gasteiger charge is 2.06. The minimum atomic E-state index is -0.159. The van der Waals surface area contributed by atoms with Crippen molar-refractivity contribution in [1.29, 1.82) is 0 Å². The number of hydrogen-bond donors (Lipinski definition) is 0. The van der Waals surface area contributed by atoms with Crippen LogP contribution in [0.1, 0.15) is 5.56 Å². The standard InChI is InChI=1S/C11H7Cl2IN2O/c12-9-3-1-2-7(11(9)13)6-16-10(17)4-8(14)5-15-16/h1-5H,6H2. The van der Waals surface area contributed by atoms with Gasteiger partial charge in [0, 0.05) is 9.64 Å². The molecule has 1 heterocycles. The van der Waals surface area contributed by atoms with Gasteiger partial charge in [-0.05, 0) is 34.2 Å². The minimum Gasteiger partial charge on any atom is -0.268 e. The zero-order valence-corrected chi connectivity index (χ0v) is 12.2. The number of nitrogens with zero attached hydrogens (tertiary/aromatic N) is 2. The fourth-order valence-electron chi connectivity index (χ4n) is 1.36. The molecule has 0 saturated carbocycles. The Labute approximate surface area is 122 Å². The highest BCUT2D eigenvalue weighted by atomic mass is 127. The fourth-order valence-corrected chi connectivity index (χ4v) is 2.13. The summed E-state index contributed by atoms with van der Waals surface area (Å²) in [6.07, 6.45) is 1.63. The summed E-state index contributed by atoms with van der Waals surface area (Å²) in [5.74, 6) is 0. The number of aromatic nitrogens is 2. The van der Waals surface area contributed by atoms with E-state index in [0.717, 1.165) is 9.13 Å². The van der Waals surface area contributed by atoms with Gasteiger partial charge in [-0.15, -0.1) is 0 Å². The monoisotopic (exact) mass is 380 g/mol. The van der Waals surface area contributed by atoms with Gasteiger partial charge in [-0.25, -0.2) is 4.68 Å². The average molecular weight is 381 g/mol. The maximum atomic E-state index is 11.7. The van der Waals surface area contributed by atoms with Crippen molar-refractivity contribution in [1.82, 2.24) is 9.78 Å². The molecule has 2 aromatic rings. The Morgan fingerprint density at radius 3 is 2.82 bits per heavy atom. The predicted molar refractivity (Wildman–Crippen MR) is 76.8 cm³/mol. The lowest BCUT2D eigenvalue weighted by Crippen LogP contribution is -2.22. The lowest BCUT2D eigenvalue weighted by atomic mass is 10.2. The van der Waals surface area contributed by atoms with E-state index in [4.69, 9.17) is 23.2 Å². The van der Waals surface area contributed by atoms with E-state index >= 15 is 0 Å². The molecule has 0 aliphatic rings. The Bertz CT molecular complexity index is 613. The van der Waals surface area contributed by atoms with Gasteiger partial charge in [-0.2, -0.15) is 5.10 Å². The fraction of sp³-hybridized carbons (Fsp3) is 0.0909. The summed E-state index contributed by atoms with van der Waals surface area (Å²) in [4.78, 5) is 11.7. The van der Waals surface area contributed by atoms with Gasteiger partial charge in [-0.1, -0.05) is 35.3 Å². The van der Waals surface area contributed by atoms with Crippen molar-refractivity contribution in [2.24, 2.45) is 0 Å². The molecule has 0 aliphatic carbocycles. The topological polar surface area (TPSA) is 34.9 Å². The van der Waals surface area contributed by atoms with E-state index in [1.165, 1.54) is 10.7 Å². The van der Waals surface area contributed by atoms with Gasteiger partial charge in [0.15, 0.2) is 0 Å². The Morgan fingerprint density at radius 1 is 1.35 bits per heavy atom. The van der Waals surface area contributed by atoms with E-state index in [1.807, 2.05) is 28.7 Å². The predicted octanol–water partition coefficient (Wildman–Crippen LogP) is 3.20. The minimum absolute atomic E-state index is 0.159. The van der Waals surface area contributed by atoms with Crippen LogP contribution < -0.4 is 5.56 Å². The summed E-state index contributed by atoms with van der Waals surface area (Å²) >= 11 is 14.0. The second-order valence-electron chi connectivity index (χ2n) is 3.38. The Balaban J connectivity index is 2.38. The van der Waals surface area contributed by atoms with Crippen molar-refractivity contribution >= 4 is 45.8 Å². The molecule has 3 nitrogen and oxygen atoms in total. The van der Waals surface area contributed by atoms with E-state index in [-0.39, 0.29) is 5.56 Å². The summed E-state index contributed by atoms with van der Waals surface area (Å²) in [6, 6.07) is 6.84. The molecule has 0 spiro atoms. The Hall–Kier alpha value is -0.590. The molecule has 88 valence electrons. The molecule has 0 unspecified atom stereocenters. The third-order valence-corrected chi connectivity index (χ3v) is 3.64. The highest BCUT2D eigenvalue weighted by molar-refractivity contribution is 14.1. The van der Waals surface area contributed by atoms with Crippen LogP contribution in [0, 0.1) is 3.57 Å². The van der Waals surface area contributed by atoms with Gasteiger partial charge < -0.3 is 0 Å². The van der Waals surface area contributed by atoms with Crippen molar-refractivity contribution in [2.75, 3.05) is 0 Å². The molecule has 0 aliphatic heterocycles. The van der Waals surface area contributed by atoms with E-state index in [1.54, 1.807) is 18.3 Å². The van der Waals surface area contributed by atoms with Crippen LogP contribution in [0.15, 0.2) is 35.3 Å². The average Bonchev–Trinajstić information content (AvgIpc) is 2.28. The molecule has 1 aromatic carbocycles. The van der Waals surface area contributed by atoms with Crippen molar-refractivity contribution in [2.45, 2.75) is 6.54 Å². The Morgan fingerprint density at radius 2 is 2.12 bits per heavy atom.